The second-order valence-electron chi connectivity index (χ2n) is 3.97. The van der Waals surface area contributed by atoms with Crippen molar-refractivity contribution in [3.05, 3.63) is 41.7 Å². The van der Waals surface area contributed by atoms with Crippen LogP contribution < -0.4 is 0 Å². The van der Waals surface area contributed by atoms with Crippen LogP contribution in [0.15, 0.2) is 24.5 Å². The molecule has 80 valence electrons. The first-order valence-corrected chi connectivity index (χ1v) is 5.27. The van der Waals surface area contributed by atoms with Crippen molar-refractivity contribution in [1.29, 1.82) is 0 Å². The van der Waals surface area contributed by atoms with Gasteiger partial charge in [0.1, 0.15) is 5.82 Å². The topological polar surface area (TPSA) is 22.8 Å². The normalized spacial score (nSPS) is 10.9. The van der Waals surface area contributed by atoms with Gasteiger partial charge < -0.3 is 9.13 Å². The van der Waals surface area contributed by atoms with Crippen molar-refractivity contribution in [2.75, 3.05) is 0 Å². The quantitative estimate of drug-likeness (QED) is 0.749. The molecular weight excluding hydrogens is 186 g/mol. The van der Waals surface area contributed by atoms with Crippen LogP contribution in [-0.2, 0) is 20.0 Å². The maximum Gasteiger partial charge on any atom is 0.110 e. The Morgan fingerprint density at radius 2 is 1.87 bits per heavy atom. The highest BCUT2D eigenvalue weighted by Crippen LogP contribution is 2.08. The molecule has 2 aromatic heterocycles. The summed E-state index contributed by atoms with van der Waals surface area (Å²) in [6.07, 6.45) is 4.83. The average Bonchev–Trinajstić information content (AvgIpc) is 2.73. The molecule has 0 saturated heterocycles. The standard InChI is InChI=1S/C12H17N3/c1-10-4-5-11(2)15(10)8-6-12-13-7-9-14(12)3/h4-5,7,9H,6,8H2,1-3H3. The van der Waals surface area contributed by atoms with Gasteiger partial charge in [0.2, 0.25) is 0 Å². The SMILES string of the molecule is Cc1ccc(C)n1CCc1nccn1C. The maximum atomic E-state index is 4.32. The van der Waals surface area contributed by atoms with E-state index in [0.29, 0.717) is 0 Å². The number of rotatable bonds is 3. The third-order valence-electron chi connectivity index (χ3n) is 2.90. The van der Waals surface area contributed by atoms with Gasteiger partial charge in [0, 0.05) is 43.8 Å². The molecule has 0 unspecified atom stereocenters. The van der Waals surface area contributed by atoms with Crippen LogP contribution in [0.25, 0.3) is 0 Å². The first-order valence-electron chi connectivity index (χ1n) is 5.27. The molecule has 3 heteroatoms. The summed E-state index contributed by atoms with van der Waals surface area (Å²) in [7, 11) is 2.04. The van der Waals surface area contributed by atoms with Crippen LogP contribution in [0.3, 0.4) is 0 Å². The minimum atomic E-state index is 0.986. The lowest BCUT2D eigenvalue weighted by atomic mass is 10.3. The number of imidazole rings is 1. The Morgan fingerprint density at radius 1 is 1.20 bits per heavy atom. The van der Waals surface area contributed by atoms with Crippen molar-refractivity contribution in [2.24, 2.45) is 7.05 Å². The van der Waals surface area contributed by atoms with Gasteiger partial charge in [0.05, 0.1) is 0 Å². The minimum absolute atomic E-state index is 0.986. The van der Waals surface area contributed by atoms with Crippen molar-refractivity contribution in [3.63, 3.8) is 0 Å². The molecule has 0 amide bonds. The molecule has 0 radical (unpaired) electrons. The molecule has 15 heavy (non-hydrogen) atoms. The van der Waals surface area contributed by atoms with Crippen LogP contribution in [0.2, 0.25) is 0 Å². The van der Waals surface area contributed by atoms with Crippen LogP contribution in [0.4, 0.5) is 0 Å². The summed E-state index contributed by atoms with van der Waals surface area (Å²) in [5.74, 6) is 1.14. The molecule has 0 aliphatic heterocycles. The van der Waals surface area contributed by atoms with Crippen molar-refractivity contribution in [2.45, 2.75) is 26.8 Å². The Balaban J connectivity index is 2.08. The van der Waals surface area contributed by atoms with Gasteiger partial charge in [-0.3, -0.25) is 0 Å². The molecule has 2 aromatic rings. The molecule has 0 aliphatic rings. The number of aromatic nitrogens is 3. The first-order chi connectivity index (χ1) is 7.18. The predicted molar refractivity (Wildman–Crippen MR) is 60.8 cm³/mol. The lowest BCUT2D eigenvalue weighted by Gasteiger charge is -2.08. The number of aryl methyl sites for hydroxylation is 4. The first kappa shape index (κ1) is 10.0. The Bertz CT molecular complexity index is 432. The van der Waals surface area contributed by atoms with Gasteiger partial charge in [0.15, 0.2) is 0 Å². The van der Waals surface area contributed by atoms with E-state index >= 15 is 0 Å². The van der Waals surface area contributed by atoms with Gasteiger partial charge in [0.25, 0.3) is 0 Å². The molecule has 0 fully saturated rings. The van der Waals surface area contributed by atoms with Crippen molar-refractivity contribution in [1.82, 2.24) is 14.1 Å². The second-order valence-corrected chi connectivity index (χ2v) is 3.97. The fourth-order valence-electron chi connectivity index (χ4n) is 1.90. The Labute approximate surface area is 90.4 Å². The highest BCUT2D eigenvalue weighted by molar-refractivity contribution is 5.13. The summed E-state index contributed by atoms with van der Waals surface area (Å²) in [5, 5.41) is 0. The fraction of sp³-hybridized carbons (Fsp3) is 0.417. The summed E-state index contributed by atoms with van der Waals surface area (Å²) in [5.41, 5.74) is 2.64. The molecule has 0 aromatic carbocycles. The van der Waals surface area contributed by atoms with E-state index in [-0.39, 0.29) is 0 Å². The highest BCUT2D eigenvalue weighted by atomic mass is 15.0. The van der Waals surface area contributed by atoms with Gasteiger partial charge >= 0.3 is 0 Å². The fourth-order valence-corrected chi connectivity index (χ4v) is 1.90. The summed E-state index contributed by atoms with van der Waals surface area (Å²) < 4.78 is 4.41. The highest BCUT2D eigenvalue weighted by Gasteiger charge is 2.03. The summed E-state index contributed by atoms with van der Waals surface area (Å²) in [6, 6.07) is 4.32. The van der Waals surface area contributed by atoms with Crippen LogP contribution in [0.5, 0.6) is 0 Å². The average molecular weight is 203 g/mol. The maximum absolute atomic E-state index is 4.32. The van der Waals surface area contributed by atoms with Crippen LogP contribution in [0, 0.1) is 13.8 Å². The number of hydrogen-bond donors (Lipinski definition) is 0. The molecule has 2 rings (SSSR count). The van der Waals surface area contributed by atoms with Gasteiger partial charge in [-0.25, -0.2) is 4.98 Å². The van der Waals surface area contributed by atoms with E-state index in [1.807, 2.05) is 19.4 Å². The molecule has 0 N–H and O–H groups in total. The van der Waals surface area contributed by atoms with Crippen molar-refractivity contribution >= 4 is 0 Å². The number of hydrogen-bond acceptors (Lipinski definition) is 1. The minimum Gasteiger partial charge on any atom is -0.349 e. The molecule has 2 heterocycles. The third-order valence-corrected chi connectivity index (χ3v) is 2.90. The molecule has 0 saturated carbocycles. The van der Waals surface area contributed by atoms with E-state index < -0.39 is 0 Å². The molecular formula is C12H17N3. The van der Waals surface area contributed by atoms with E-state index in [1.165, 1.54) is 11.4 Å². The predicted octanol–water partition coefficient (Wildman–Crippen LogP) is 2.08. The van der Waals surface area contributed by atoms with Crippen LogP contribution in [-0.4, -0.2) is 14.1 Å². The zero-order valence-electron chi connectivity index (χ0n) is 9.57. The summed E-state index contributed by atoms with van der Waals surface area (Å²) >= 11 is 0. The molecule has 3 nitrogen and oxygen atoms in total. The zero-order valence-corrected chi connectivity index (χ0v) is 9.57. The lowest BCUT2D eigenvalue weighted by Crippen LogP contribution is -2.08. The van der Waals surface area contributed by atoms with E-state index in [1.54, 1.807) is 0 Å². The van der Waals surface area contributed by atoms with E-state index in [4.69, 9.17) is 0 Å². The smallest absolute Gasteiger partial charge is 0.110 e. The van der Waals surface area contributed by atoms with Crippen molar-refractivity contribution in [3.8, 4) is 0 Å². The third kappa shape index (κ3) is 1.96. The second kappa shape index (κ2) is 3.93. The van der Waals surface area contributed by atoms with Crippen molar-refractivity contribution < 1.29 is 0 Å². The van der Waals surface area contributed by atoms with Gasteiger partial charge in [-0.15, -0.1) is 0 Å². The molecule has 0 atom stereocenters. The van der Waals surface area contributed by atoms with E-state index in [9.17, 15) is 0 Å². The summed E-state index contributed by atoms with van der Waals surface area (Å²) in [6.45, 7) is 5.30. The molecule has 0 spiro atoms. The Hall–Kier alpha value is -1.51. The Kier molecular flexibility index (Phi) is 2.62. The lowest BCUT2D eigenvalue weighted by molar-refractivity contribution is 0.628. The van der Waals surface area contributed by atoms with E-state index in [0.717, 1.165) is 18.8 Å². The van der Waals surface area contributed by atoms with Crippen LogP contribution >= 0.6 is 0 Å². The van der Waals surface area contributed by atoms with E-state index in [2.05, 4.69) is 40.1 Å². The van der Waals surface area contributed by atoms with Crippen LogP contribution in [0.1, 0.15) is 17.2 Å². The monoisotopic (exact) mass is 203 g/mol. The molecule has 0 bridgehead atoms. The Morgan fingerprint density at radius 3 is 2.40 bits per heavy atom. The van der Waals surface area contributed by atoms with Gasteiger partial charge in [-0.05, 0) is 26.0 Å². The zero-order chi connectivity index (χ0) is 10.8. The van der Waals surface area contributed by atoms with Gasteiger partial charge in [-0.2, -0.15) is 0 Å². The van der Waals surface area contributed by atoms with Gasteiger partial charge in [-0.1, -0.05) is 0 Å². The number of nitrogens with zero attached hydrogens (tertiary/aromatic N) is 3. The molecule has 0 aliphatic carbocycles. The largest absolute Gasteiger partial charge is 0.349 e. The summed E-state index contributed by atoms with van der Waals surface area (Å²) in [4.78, 5) is 4.32.